The van der Waals surface area contributed by atoms with Crippen molar-refractivity contribution in [2.45, 2.75) is 0 Å². The van der Waals surface area contributed by atoms with Gasteiger partial charge in [-0.1, -0.05) is 103 Å². The number of para-hydroxylation sites is 4. The number of aromatic nitrogens is 4. The van der Waals surface area contributed by atoms with Crippen molar-refractivity contribution in [2.75, 3.05) is 0 Å². The highest BCUT2D eigenvalue weighted by Crippen LogP contribution is 2.39. The largest absolute Gasteiger partial charge is 0.309 e. The van der Waals surface area contributed by atoms with Crippen LogP contribution in [0.2, 0.25) is 0 Å². The minimum absolute atomic E-state index is 0.992. The van der Waals surface area contributed by atoms with Gasteiger partial charge in [-0.2, -0.15) is 0 Å². The fourth-order valence-electron chi connectivity index (χ4n) is 8.02. The Balaban J connectivity index is 1.25. The van der Waals surface area contributed by atoms with Gasteiger partial charge in [0.25, 0.3) is 0 Å². The highest BCUT2D eigenvalue weighted by atomic mass is 15.0. The van der Waals surface area contributed by atoms with E-state index in [0.717, 1.165) is 33.6 Å². The van der Waals surface area contributed by atoms with Gasteiger partial charge in [-0.05, 0) is 60.0 Å². The van der Waals surface area contributed by atoms with Crippen molar-refractivity contribution in [3.63, 3.8) is 0 Å². The average Bonchev–Trinajstić information content (AvgIpc) is 3.79. The number of pyridine rings is 1. The van der Waals surface area contributed by atoms with Crippen LogP contribution in [0.15, 0.2) is 158 Å². The number of imidazole rings is 1. The molecule has 4 heteroatoms. The lowest BCUT2D eigenvalue weighted by Crippen LogP contribution is -1.98. The van der Waals surface area contributed by atoms with Crippen molar-refractivity contribution in [2.24, 2.45) is 0 Å². The first-order valence-corrected chi connectivity index (χ1v) is 16.1. The highest BCUT2D eigenvalue weighted by molar-refractivity contribution is 6.17. The summed E-state index contributed by atoms with van der Waals surface area (Å²) in [7, 11) is 0. The van der Waals surface area contributed by atoms with Crippen LogP contribution < -0.4 is 0 Å². The molecule has 0 radical (unpaired) electrons. The minimum atomic E-state index is 0.992. The van der Waals surface area contributed by atoms with Crippen LogP contribution in [0.4, 0.5) is 0 Å². The smallest absolute Gasteiger partial charge is 0.146 e. The molecule has 0 amide bonds. The average molecular weight is 599 g/mol. The molecule has 0 spiro atoms. The summed E-state index contributed by atoms with van der Waals surface area (Å²) < 4.78 is 7.16. The predicted molar refractivity (Wildman–Crippen MR) is 196 cm³/mol. The lowest BCUT2D eigenvalue weighted by molar-refractivity contribution is 1.13. The zero-order chi connectivity index (χ0) is 30.6. The molecule has 47 heavy (non-hydrogen) atoms. The summed E-state index contributed by atoms with van der Waals surface area (Å²) in [6, 6.07) is 57.0. The van der Waals surface area contributed by atoms with Crippen molar-refractivity contribution in [1.29, 1.82) is 0 Å². The van der Waals surface area contributed by atoms with E-state index in [1.165, 1.54) is 59.8 Å². The van der Waals surface area contributed by atoms with Crippen LogP contribution in [-0.2, 0) is 0 Å². The molecule has 7 aromatic carbocycles. The molecule has 0 atom stereocenters. The summed E-state index contributed by atoms with van der Waals surface area (Å²) in [6.45, 7) is 0. The van der Waals surface area contributed by atoms with Crippen LogP contribution >= 0.6 is 0 Å². The summed E-state index contributed by atoms with van der Waals surface area (Å²) in [5, 5.41) is 8.58. The standard InChI is InChI=1S/C43H26N4/c1-2-19-34-29(14-1)30-15-3-10-23-40(30)47-42-26-41-35(25-36(42)44-43(34)47)33-18-6-9-22-39(33)46(41)28-13-11-12-27(24-28)45-37-20-7-4-16-31(37)32-17-5-8-21-38(32)45/h1-26H. The monoisotopic (exact) mass is 598 g/mol. The normalized spacial score (nSPS) is 12.3. The summed E-state index contributed by atoms with van der Waals surface area (Å²) >= 11 is 0. The summed E-state index contributed by atoms with van der Waals surface area (Å²) in [5.41, 5.74) is 11.3. The van der Waals surface area contributed by atoms with Gasteiger partial charge in [0.1, 0.15) is 5.65 Å². The highest BCUT2D eigenvalue weighted by Gasteiger charge is 2.19. The molecular formula is C43H26N4. The minimum Gasteiger partial charge on any atom is -0.309 e. The molecule has 0 N–H and O–H groups in total. The van der Waals surface area contributed by atoms with E-state index in [4.69, 9.17) is 4.98 Å². The van der Waals surface area contributed by atoms with E-state index in [-0.39, 0.29) is 0 Å². The molecule has 4 nitrogen and oxygen atoms in total. The Hall–Kier alpha value is -6.39. The van der Waals surface area contributed by atoms with Crippen LogP contribution in [-0.4, -0.2) is 18.5 Å². The van der Waals surface area contributed by atoms with E-state index < -0.39 is 0 Å². The Kier molecular flexibility index (Phi) is 4.81. The summed E-state index contributed by atoms with van der Waals surface area (Å²) in [4.78, 5) is 5.29. The van der Waals surface area contributed by atoms with Crippen molar-refractivity contribution in [1.82, 2.24) is 18.5 Å². The van der Waals surface area contributed by atoms with Crippen LogP contribution in [0.3, 0.4) is 0 Å². The molecule has 11 aromatic rings. The Labute approximate surface area is 268 Å². The van der Waals surface area contributed by atoms with Gasteiger partial charge < -0.3 is 9.13 Å². The number of hydrogen-bond donors (Lipinski definition) is 0. The van der Waals surface area contributed by atoms with E-state index in [1.54, 1.807) is 0 Å². The second-order valence-electron chi connectivity index (χ2n) is 12.4. The van der Waals surface area contributed by atoms with E-state index >= 15 is 0 Å². The van der Waals surface area contributed by atoms with Crippen molar-refractivity contribution >= 4 is 82.0 Å². The van der Waals surface area contributed by atoms with Crippen LogP contribution in [0, 0.1) is 0 Å². The second kappa shape index (κ2) is 9.09. The Morgan fingerprint density at radius 3 is 1.40 bits per heavy atom. The SMILES string of the molecule is c1cc(-n2c3ccccc3c3ccccc32)cc(-n2c3ccccc3c3cc4nc5c6ccccc6c6ccccc6n5c4cc32)c1. The molecule has 218 valence electrons. The Morgan fingerprint density at radius 1 is 0.319 bits per heavy atom. The summed E-state index contributed by atoms with van der Waals surface area (Å²) in [5.74, 6) is 0. The number of fused-ring (bicyclic) bond motifs is 14. The van der Waals surface area contributed by atoms with Gasteiger partial charge in [0, 0.05) is 43.7 Å². The lowest BCUT2D eigenvalue weighted by atomic mass is 10.1. The van der Waals surface area contributed by atoms with Crippen molar-refractivity contribution < 1.29 is 0 Å². The molecule has 4 heterocycles. The first-order chi connectivity index (χ1) is 23.3. The molecule has 0 fully saturated rings. The van der Waals surface area contributed by atoms with Gasteiger partial charge in [0.05, 0.1) is 38.6 Å². The second-order valence-corrected chi connectivity index (χ2v) is 12.4. The van der Waals surface area contributed by atoms with Crippen molar-refractivity contribution in [3.8, 4) is 11.4 Å². The van der Waals surface area contributed by atoms with Gasteiger partial charge in [0.15, 0.2) is 0 Å². The number of benzene rings is 7. The third-order valence-corrected chi connectivity index (χ3v) is 9.98. The third kappa shape index (κ3) is 3.28. The van der Waals surface area contributed by atoms with E-state index in [9.17, 15) is 0 Å². The molecule has 0 saturated heterocycles. The van der Waals surface area contributed by atoms with Crippen molar-refractivity contribution in [3.05, 3.63) is 158 Å². The zero-order valence-corrected chi connectivity index (χ0v) is 25.3. The molecular weight excluding hydrogens is 573 g/mol. The fraction of sp³-hybridized carbons (Fsp3) is 0. The number of hydrogen-bond acceptors (Lipinski definition) is 1. The molecule has 0 aliphatic carbocycles. The number of rotatable bonds is 2. The van der Waals surface area contributed by atoms with Crippen LogP contribution in [0.5, 0.6) is 0 Å². The fourth-order valence-corrected chi connectivity index (χ4v) is 8.02. The molecule has 0 saturated carbocycles. The third-order valence-electron chi connectivity index (χ3n) is 9.98. The maximum Gasteiger partial charge on any atom is 0.146 e. The summed E-state index contributed by atoms with van der Waals surface area (Å²) in [6.07, 6.45) is 0. The molecule has 0 aliphatic heterocycles. The molecule has 11 rings (SSSR count). The maximum atomic E-state index is 5.29. The zero-order valence-electron chi connectivity index (χ0n) is 25.3. The first kappa shape index (κ1) is 24.9. The number of nitrogens with zero attached hydrogens (tertiary/aromatic N) is 4. The lowest BCUT2D eigenvalue weighted by Gasteiger charge is -2.13. The van der Waals surface area contributed by atoms with Crippen LogP contribution in [0.1, 0.15) is 0 Å². The molecule has 4 aromatic heterocycles. The molecule has 0 unspecified atom stereocenters. The first-order valence-electron chi connectivity index (χ1n) is 16.1. The van der Waals surface area contributed by atoms with Crippen LogP contribution in [0.25, 0.3) is 93.3 Å². The predicted octanol–water partition coefficient (Wildman–Crippen LogP) is 11.0. The Morgan fingerprint density at radius 2 is 0.787 bits per heavy atom. The van der Waals surface area contributed by atoms with Gasteiger partial charge >= 0.3 is 0 Å². The maximum absolute atomic E-state index is 5.29. The van der Waals surface area contributed by atoms with Gasteiger partial charge in [-0.15, -0.1) is 0 Å². The van der Waals surface area contributed by atoms with Gasteiger partial charge in [-0.25, -0.2) is 4.98 Å². The Bertz CT molecular complexity index is 3030. The molecule has 0 bridgehead atoms. The van der Waals surface area contributed by atoms with Gasteiger partial charge in [-0.3, -0.25) is 4.40 Å². The van der Waals surface area contributed by atoms with E-state index in [2.05, 4.69) is 171 Å². The van der Waals surface area contributed by atoms with E-state index in [1.807, 2.05) is 0 Å². The quantitative estimate of drug-likeness (QED) is 0.182. The van der Waals surface area contributed by atoms with E-state index in [0.29, 0.717) is 0 Å². The molecule has 0 aliphatic rings. The topological polar surface area (TPSA) is 27.2 Å². The van der Waals surface area contributed by atoms with Gasteiger partial charge in [0.2, 0.25) is 0 Å².